The Kier molecular flexibility index (Phi) is 36.1. The zero-order chi connectivity index (χ0) is 53.3. The van der Waals surface area contributed by atoms with Gasteiger partial charge in [-0.1, -0.05) is 23.1 Å². The van der Waals surface area contributed by atoms with Crippen LogP contribution in [0.5, 0.6) is 0 Å². The van der Waals surface area contributed by atoms with Crippen LogP contribution in [0.25, 0.3) is 20.9 Å². The van der Waals surface area contributed by atoms with Gasteiger partial charge in [0.15, 0.2) is 0 Å². The number of hydroxylamine groups is 2. The van der Waals surface area contributed by atoms with E-state index in [1.807, 2.05) is 23.5 Å². The first kappa shape index (κ1) is 63.9. The summed E-state index contributed by atoms with van der Waals surface area (Å²) in [4.78, 5) is 79.0. The SMILES string of the molecule is O=C1N[C@H]2[C@H](CS[C@H]2CCCCC(=O)ON2C(=O)CCC2=O)N1.[N-]=[N+]=NCCOCCOCCOCCOCCN.[N-]=[N+]=NCCOCCOCCOCCOCCNC(=O)CCCC[C@@H]1SC[C@@H]2NC(=O)N[C@@H]21. The van der Waals surface area contributed by atoms with Gasteiger partial charge in [0.1, 0.15) is 0 Å². The number of urea groups is 2. The fourth-order valence-corrected chi connectivity index (χ4v) is 10.7. The molecule has 5 aliphatic heterocycles. The van der Waals surface area contributed by atoms with Crippen molar-refractivity contribution in [1.82, 2.24) is 31.6 Å². The van der Waals surface area contributed by atoms with Crippen LogP contribution < -0.4 is 32.3 Å². The number of thioether (sulfide) groups is 2. The highest BCUT2D eigenvalue weighted by molar-refractivity contribution is 8.00. The fraction of sp³-hybridized carbons (Fsp3) is 0.864. The van der Waals surface area contributed by atoms with Gasteiger partial charge in [0.25, 0.3) is 11.8 Å². The number of amides is 7. The molecule has 5 fully saturated rings. The normalized spacial score (nSPS) is 21.1. The summed E-state index contributed by atoms with van der Waals surface area (Å²) in [6, 6.07) is 0.688. The lowest BCUT2D eigenvalue weighted by Gasteiger charge is -2.16. The molecule has 0 radical (unpaired) electrons. The lowest BCUT2D eigenvalue weighted by molar-refractivity contribution is -0.197. The van der Waals surface area contributed by atoms with Crippen molar-refractivity contribution in [2.24, 2.45) is 16.0 Å². The monoisotopic (exact) mass is 1090 g/mol. The molecular weight excluding hydrogens is 1010 g/mol. The van der Waals surface area contributed by atoms with Crippen LogP contribution in [0, 0.1) is 0 Å². The van der Waals surface area contributed by atoms with Gasteiger partial charge < -0.3 is 75.1 Å². The minimum Gasteiger partial charge on any atom is -0.379 e. The quantitative estimate of drug-likeness (QED) is 0.0127. The van der Waals surface area contributed by atoms with Crippen LogP contribution >= 0.6 is 23.5 Å². The Hall–Kier alpha value is -4.42. The Bertz CT molecular complexity index is 1720. The van der Waals surface area contributed by atoms with Gasteiger partial charge in [-0.25, -0.2) is 14.4 Å². The predicted octanol–water partition coefficient (Wildman–Crippen LogP) is 1.85. The first-order chi connectivity index (χ1) is 36.2. The summed E-state index contributed by atoms with van der Waals surface area (Å²) in [5.41, 5.74) is 21.4. The molecule has 74 heavy (non-hydrogen) atoms. The topological polar surface area (TPSA) is 372 Å². The molecule has 0 spiro atoms. The number of nitrogens with one attached hydrogen (secondary N) is 5. The molecule has 420 valence electrons. The minimum atomic E-state index is -0.554. The van der Waals surface area contributed by atoms with Gasteiger partial charge in [-0.2, -0.15) is 23.5 Å². The highest BCUT2D eigenvalue weighted by Gasteiger charge is 2.43. The molecule has 7 N–H and O–H groups in total. The van der Waals surface area contributed by atoms with Gasteiger partial charge in [-0.05, 0) is 36.7 Å². The third kappa shape index (κ3) is 29.0. The van der Waals surface area contributed by atoms with Crippen LogP contribution in [0.15, 0.2) is 10.2 Å². The molecule has 5 heterocycles. The van der Waals surface area contributed by atoms with Crippen molar-refractivity contribution in [2.75, 3.05) is 143 Å². The Labute approximate surface area is 440 Å². The predicted molar refractivity (Wildman–Crippen MR) is 272 cm³/mol. The number of azide groups is 2. The third-order valence-electron chi connectivity index (χ3n) is 11.2. The van der Waals surface area contributed by atoms with Crippen molar-refractivity contribution in [1.29, 1.82) is 0 Å². The Balaban J connectivity index is 0.000000308. The number of nitrogens with two attached hydrogens (primary N) is 1. The van der Waals surface area contributed by atoms with Gasteiger partial charge in [0.05, 0.1) is 130 Å². The second kappa shape index (κ2) is 41.8. The zero-order valence-corrected chi connectivity index (χ0v) is 43.9. The molecule has 0 aromatic carbocycles. The molecule has 5 aliphatic rings. The number of fused-ring (bicyclic) bond motifs is 2. The van der Waals surface area contributed by atoms with E-state index < -0.39 is 17.8 Å². The number of imide groups is 1. The summed E-state index contributed by atoms with van der Waals surface area (Å²) >= 11 is 3.73. The molecule has 30 heteroatoms. The summed E-state index contributed by atoms with van der Waals surface area (Å²) in [5, 5.41) is 22.7. The number of carbonyl (C=O) groups excluding carboxylic acids is 6. The van der Waals surface area contributed by atoms with Crippen LogP contribution in [-0.2, 0) is 61.9 Å². The summed E-state index contributed by atoms with van der Waals surface area (Å²) in [6.07, 6.45) is 6.10. The average Bonchev–Trinajstić information content (AvgIpc) is 4.21. The molecule has 0 bridgehead atoms. The smallest absolute Gasteiger partial charge is 0.333 e. The van der Waals surface area contributed by atoms with Crippen LogP contribution in [0.1, 0.15) is 64.2 Å². The standard InChI is InChI=1S/C20H36N6O6S.C14H19N3O5S.C10H22N4O4/c21-26-23-6-8-30-10-12-32-14-13-31-11-9-29-7-5-22-18(27)4-2-1-3-17-19-16(15-33-17)24-20(28)25-19;18-10-5-6-11(19)17(10)22-12(20)4-2-1-3-9-13-8(7-23-9)15-14(21)16-13;11-1-3-15-5-7-17-9-10-18-8-6-16-4-2-13-14-12/h16-17,19H,1-15H2,(H,22,27)(H2,24,25,28);8-9,13H,1-7H2,(H2,15,16,21);1-11H2/t16-,17-,19-;8-,9-,13-;/m00./s1. The highest BCUT2D eigenvalue weighted by Crippen LogP contribution is 2.34. The van der Waals surface area contributed by atoms with Gasteiger partial charge in [-0.3, -0.25) is 14.4 Å². The molecule has 5 saturated heterocycles. The lowest BCUT2D eigenvalue weighted by Crippen LogP contribution is -2.36. The molecule has 0 unspecified atom stereocenters. The first-order valence-corrected chi connectivity index (χ1v) is 27.3. The molecular formula is C44H77N13O15S2. The van der Waals surface area contributed by atoms with Crippen molar-refractivity contribution in [3.8, 4) is 0 Å². The van der Waals surface area contributed by atoms with Crippen molar-refractivity contribution in [2.45, 2.75) is 98.9 Å². The van der Waals surface area contributed by atoms with Crippen molar-refractivity contribution in [3.05, 3.63) is 20.9 Å². The van der Waals surface area contributed by atoms with Gasteiger partial charge in [0.2, 0.25) is 5.91 Å². The number of ether oxygens (including phenoxy) is 8. The zero-order valence-electron chi connectivity index (χ0n) is 42.2. The number of rotatable bonds is 40. The number of hydrogen-bond donors (Lipinski definition) is 6. The molecule has 6 atom stereocenters. The Morgan fingerprint density at radius 3 is 1.42 bits per heavy atom. The van der Waals surface area contributed by atoms with E-state index in [1.165, 1.54) is 0 Å². The molecule has 0 aliphatic carbocycles. The maximum absolute atomic E-state index is 11.9. The second-order valence-electron chi connectivity index (χ2n) is 16.7. The van der Waals surface area contributed by atoms with Crippen molar-refractivity contribution >= 4 is 59.3 Å². The summed E-state index contributed by atoms with van der Waals surface area (Å²) < 4.78 is 42.2. The first-order valence-electron chi connectivity index (χ1n) is 25.2. The second-order valence-corrected chi connectivity index (χ2v) is 19.3. The summed E-state index contributed by atoms with van der Waals surface area (Å²) in [6.45, 7) is 9.46. The van der Waals surface area contributed by atoms with E-state index in [4.69, 9.17) is 59.5 Å². The average molecular weight is 1090 g/mol. The molecule has 0 aromatic rings. The van der Waals surface area contributed by atoms with E-state index in [9.17, 15) is 28.8 Å². The summed E-state index contributed by atoms with van der Waals surface area (Å²) in [7, 11) is 0. The molecule has 0 saturated carbocycles. The van der Waals surface area contributed by atoms with Crippen LogP contribution in [0.3, 0.4) is 0 Å². The maximum Gasteiger partial charge on any atom is 0.333 e. The van der Waals surface area contributed by atoms with Gasteiger partial charge in [-0.15, -0.1) is 5.06 Å². The largest absolute Gasteiger partial charge is 0.379 e. The molecule has 5 rings (SSSR count). The van der Waals surface area contributed by atoms with Gasteiger partial charge in [0, 0.05) is 83.7 Å². The lowest BCUT2D eigenvalue weighted by atomic mass is 10.0. The third-order valence-corrected chi connectivity index (χ3v) is 14.2. The van der Waals surface area contributed by atoms with Crippen molar-refractivity contribution in [3.63, 3.8) is 0 Å². The van der Waals surface area contributed by atoms with E-state index in [1.54, 1.807) is 0 Å². The van der Waals surface area contributed by atoms with E-state index in [2.05, 4.69) is 46.6 Å². The molecule has 7 amide bonds. The van der Waals surface area contributed by atoms with E-state index in [0.29, 0.717) is 160 Å². The number of hydrogen-bond acceptors (Lipinski definition) is 20. The maximum atomic E-state index is 11.9. The van der Waals surface area contributed by atoms with E-state index >= 15 is 0 Å². The van der Waals surface area contributed by atoms with E-state index in [0.717, 1.165) is 43.6 Å². The van der Waals surface area contributed by atoms with Crippen LogP contribution in [-0.4, -0.2) is 219 Å². The fourth-order valence-electron chi connectivity index (χ4n) is 7.60. The summed E-state index contributed by atoms with van der Waals surface area (Å²) in [5.74, 6) is 0.450. The minimum absolute atomic E-state index is 0.0431. The van der Waals surface area contributed by atoms with E-state index in [-0.39, 0.29) is 61.4 Å². The number of carbonyl (C=O) groups is 6. The Morgan fingerprint density at radius 1 is 0.581 bits per heavy atom. The van der Waals surface area contributed by atoms with Crippen LogP contribution in [0.4, 0.5) is 9.59 Å². The molecule has 0 aromatic heterocycles. The van der Waals surface area contributed by atoms with Crippen molar-refractivity contribution < 1.29 is 71.5 Å². The number of nitrogens with zero attached hydrogens (tertiary/aromatic N) is 7. The highest BCUT2D eigenvalue weighted by atomic mass is 32.2. The van der Waals surface area contributed by atoms with Crippen LogP contribution in [0.2, 0.25) is 0 Å². The Morgan fingerprint density at radius 2 is 0.986 bits per heavy atom. The molecule has 28 nitrogen and oxygen atoms in total. The van der Waals surface area contributed by atoms with Gasteiger partial charge >= 0.3 is 18.0 Å². The number of unbranched alkanes of at least 4 members (excludes halogenated alkanes) is 2.